The summed E-state index contributed by atoms with van der Waals surface area (Å²) in [5.74, 6) is 1.44. The fourth-order valence-electron chi connectivity index (χ4n) is 2.91. The molecule has 0 spiro atoms. The second-order valence-corrected chi connectivity index (χ2v) is 6.32. The number of aromatic nitrogens is 1. The van der Waals surface area contributed by atoms with Crippen molar-refractivity contribution in [2.45, 2.75) is 19.5 Å². The van der Waals surface area contributed by atoms with Gasteiger partial charge in [0.25, 0.3) is 5.69 Å². The monoisotopic (exact) mass is 367 g/mol. The molecule has 0 N–H and O–H groups in total. The lowest BCUT2D eigenvalue weighted by Gasteiger charge is -2.23. The third-order valence-electron chi connectivity index (χ3n) is 4.57. The van der Waals surface area contributed by atoms with Crippen LogP contribution < -0.4 is 4.74 Å². The van der Waals surface area contributed by atoms with Crippen molar-refractivity contribution in [1.29, 1.82) is 0 Å². The Morgan fingerprint density at radius 3 is 2.74 bits per heavy atom. The molecule has 0 saturated carbocycles. The number of nitro benzene ring substituents is 1. The minimum atomic E-state index is -0.383. The van der Waals surface area contributed by atoms with Gasteiger partial charge in [-0.05, 0) is 31.7 Å². The maximum atomic E-state index is 11.0. The summed E-state index contributed by atoms with van der Waals surface area (Å²) >= 11 is 0. The minimum absolute atomic E-state index is 0.0234. The smallest absolute Gasteiger partial charge is 0.269 e. The normalized spacial score (nSPS) is 12.1. The summed E-state index contributed by atoms with van der Waals surface area (Å²) < 4.78 is 10.9. The van der Waals surface area contributed by atoms with Crippen molar-refractivity contribution in [3.05, 3.63) is 76.0 Å². The van der Waals surface area contributed by atoms with Crippen LogP contribution in [0.1, 0.15) is 24.3 Å². The van der Waals surface area contributed by atoms with E-state index in [4.69, 9.17) is 9.26 Å². The number of non-ortho nitro benzene ring substituents is 1. The summed E-state index contributed by atoms with van der Waals surface area (Å²) in [6.07, 6.45) is 0. The van der Waals surface area contributed by atoms with Crippen LogP contribution in [0.2, 0.25) is 0 Å². The number of nitrogens with zero attached hydrogens (tertiary/aromatic N) is 3. The lowest BCUT2D eigenvalue weighted by molar-refractivity contribution is -0.384. The first-order valence-corrected chi connectivity index (χ1v) is 8.53. The van der Waals surface area contributed by atoms with Crippen molar-refractivity contribution in [2.24, 2.45) is 0 Å². The Hall–Kier alpha value is -3.19. The highest BCUT2D eigenvalue weighted by Gasteiger charge is 2.18. The largest absolute Gasteiger partial charge is 0.496 e. The molecule has 3 aromatic rings. The van der Waals surface area contributed by atoms with Gasteiger partial charge in [-0.15, -0.1) is 0 Å². The molecule has 1 atom stereocenters. The van der Waals surface area contributed by atoms with Gasteiger partial charge in [-0.3, -0.25) is 15.0 Å². The van der Waals surface area contributed by atoms with Gasteiger partial charge in [0.1, 0.15) is 11.4 Å². The Morgan fingerprint density at radius 2 is 2.00 bits per heavy atom. The second-order valence-electron chi connectivity index (χ2n) is 6.32. The zero-order valence-electron chi connectivity index (χ0n) is 15.5. The lowest BCUT2D eigenvalue weighted by Crippen LogP contribution is -2.21. The van der Waals surface area contributed by atoms with Gasteiger partial charge < -0.3 is 9.26 Å². The van der Waals surface area contributed by atoms with Crippen LogP contribution in [0, 0.1) is 10.1 Å². The molecule has 27 heavy (non-hydrogen) atoms. The number of benzene rings is 2. The van der Waals surface area contributed by atoms with E-state index >= 15 is 0 Å². The number of hydrogen-bond acceptors (Lipinski definition) is 6. The number of ether oxygens (including phenoxy) is 1. The molecule has 0 saturated heterocycles. The first-order chi connectivity index (χ1) is 13.0. The van der Waals surface area contributed by atoms with Gasteiger partial charge in [0, 0.05) is 29.8 Å². The molecule has 1 aromatic heterocycles. The molecular formula is C20H21N3O4. The van der Waals surface area contributed by atoms with Crippen LogP contribution in [0.5, 0.6) is 5.75 Å². The third kappa shape index (κ3) is 4.15. The van der Waals surface area contributed by atoms with Crippen molar-refractivity contribution in [2.75, 3.05) is 14.2 Å². The van der Waals surface area contributed by atoms with Gasteiger partial charge in [0.2, 0.25) is 0 Å². The highest BCUT2D eigenvalue weighted by Crippen LogP contribution is 2.30. The molecule has 0 aliphatic heterocycles. The van der Waals surface area contributed by atoms with Gasteiger partial charge >= 0.3 is 0 Å². The van der Waals surface area contributed by atoms with E-state index in [-0.39, 0.29) is 16.7 Å². The maximum absolute atomic E-state index is 11.0. The number of nitro groups is 1. The van der Waals surface area contributed by atoms with Crippen LogP contribution in [-0.4, -0.2) is 29.1 Å². The van der Waals surface area contributed by atoms with E-state index in [1.165, 1.54) is 6.07 Å². The van der Waals surface area contributed by atoms with E-state index in [1.807, 2.05) is 55.3 Å². The van der Waals surface area contributed by atoms with Crippen LogP contribution in [0.25, 0.3) is 11.3 Å². The Labute approximate surface area is 157 Å². The van der Waals surface area contributed by atoms with Gasteiger partial charge in [0.15, 0.2) is 5.76 Å². The standard InChI is InChI=1S/C20H21N3O4/c1-14(15-7-6-8-16(11-15)23(24)25)22(2)13-17-12-19(21-27-17)18-9-4-5-10-20(18)26-3/h4-12,14H,13H2,1-3H3. The molecule has 0 aliphatic carbocycles. The van der Waals surface area contributed by atoms with Crippen LogP contribution in [0.3, 0.4) is 0 Å². The van der Waals surface area contributed by atoms with Crippen LogP contribution >= 0.6 is 0 Å². The molecule has 140 valence electrons. The van der Waals surface area contributed by atoms with Crippen LogP contribution in [-0.2, 0) is 6.54 Å². The van der Waals surface area contributed by atoms with Gasteiger partial charge in [-0.25, -0.2) is 0 Å². The van der Waals surface area contributed by atoms with Crippen molar-refractivity contribution >= 4 is 5.69 Å². The van der Waals surface area contributed by atoms with Crippen LogP contribution in [0.15, 0.2) is 59.1 Å². The minimum Gasteiger partial charge on any atom is -0.496 e. The molecule has 1 unspecified atom stereocenters. The topological polar surface area (TPSA) is 81.6 Å². The average Bonchev–Trinajstić information content (AvgIpc) is 3.15. The fourth-order valence-corrected chi connectivity index (χ4v) is 2.91. The first-order valence-electron chi connectivity index (χ1n) is 8.53. The Kier molecular flexibility index (Phi) is 5.52. The molecule has 0 fully saturated rings. The maximum Gasteiger partial charge on any atom is 0.269 e. The quantitative estimate of drug-likeness (QED) is 0.453. The van der Waals surface area contributed by atoms with Crippen molar-refractivity contribution in [3.63, 3.8) is 0 Å². The molecule has 3 rings (SSSR count). The van der Waals surface area contributed by atoms with Gasteiger partial charge in [-0.2, -0.15) is 0 Å². The summed E-state index contributed by atoms with van der Waals surface area (Å²) in [5, 5.41) is 15.1. The molecule has 2 aromatic carbocycles. The first kappa shape index (κ1) is 18.6. The number of para-hydroxylation sites is 1. The lowest BCUT2D eigenvalue weighted by atomic mass is 10.1. The van der Waals surface area contributed by atoms with Gasteiger partial charge in [0.05, 0.1) is 18.6 Å². The van der Waals surface area contributed by atoms with Gasteiger partial charge in [-0.1, -0.05) is 29.4 Å². The summed E-state index contributed by atoms with van der Waals surface area (Å²) in [5.41, 5.74) is 2.53. The zero-order chi connectivity index (χ0) is 19.4. The second kappa shape index (κ2) is 8.01. The van der Waals surface area contributed by atoms with Crippen LogP contribution in [0.4, 0.5) is 5.69 Å². The van der Waals surface area contributed by atoms with E-state index in [0.717, 1.165) is 16.9 Å². The van der Waals surface area contributed by atoms with E-state index < -0.39 is 0 Å². The molecule has 0 bridgehead atoms. The predicted molar refractivity (Wildman–Crippen MR) is 101 cm³/mol. The number of rotatable bonds is 7. The Morgan fingerprint density at radius 1 is 1.22 bits per heavy atom. The Bertz CT molecular complexity index is 938. The molecule has 7 nitrogen and oxygen atoms in total. The van der Waals surface area contributed by atoms with Crippen molar-refractivity contribution in [1.82, 2.24) is 10.1 Å². The summed E-state index contributed by atoms with van der Waals surface area (Å²) in [6.45, 7) is 2.52. The van der Waals surface area contributed by atoms with E-state index in [9.17, 15) is 10.1 Å². The zero-order valence-corrected chi connectivity index (χ0v) is 15.5. The fraction of sp³-hybridized carbons (Fsp3) is 0.250. The van der Waals surface area contributed by atoms with E-state index in [1.54, 1.807) is 19.2 Å². The molecule has 0 radical (unpaired) electrons. The number of methoxy groups -OCH3 is 1. The average molecular weight is 367 g/mol. The third-order valence-corrected chi connectivity index (χ3v) is 4.57. The summed E-state index contributed by atoms with van der Waals surface area (Å²) in [7, 11) is 3.56. The summed E-state index contributed by atoms with van der Waals surface area (Å²) in [6, 6.07) is 16.2. The van der Waals surface area contributed by atoms with Crippen molar-refractivity contribution < 1.29 is 14.2 Å². The predicted octanol–water partition coefficient (Wildman–Crippen LogP) is 4.45. The highest BCUT2D eigenvalue weighted by atomic mass is 16.6. The van der Waals surface area contributed by atoms with E-state index in [2.05, 4.69) is 5.16 Å². The molecule has 1 heterocycles. The Balaban J connectivity index is 1.75. The van der Waals surface area contributed by atoms with E-state index in [0.29, 0.717) is 18.0 Å². The SMILES string of the molecule is COc1ccccc1-c1cc(CN(C)C(C)c2cccc([N+](=O)[O-])c2)on1. The molecule has 0 amide bonds. The van der Waals surface area contributed by atoms with Crippen molar-refractivity contribution in [3.8, 4) is 17.0 Å². The molecule has 7 heteroatoms. The molecule has 0 aliphatic rings. The highest BCUT2D eigenvalue weighted by molar-refractivity contribution is 5.66. The number of hydrogen-bond donors (Lipinski definition) is 0. The molecular weight excluding hydrogens is 346 g/mol. The summed E-state index contributed by atoms with van der Waals surface area (Å²) in [4.78, 5) is 12.6.